The van der Waals surface area contributed by atoms with Crippen LogP contribution in [0.15, 0.2) is 36.7 Å². The number of hydrogen-bond donors (Lipinski definition) is 0. The summed E-state index contributed by atoms with van der Waals surface area (Å²) in [7, 11) is 0. The zero-order valence-corrected chi connectivity index (χ0v) is 11.4. The second-order valence-electron chi connectivity index (χ2n) is 3.36. The first kappa shape index (κ1) is 15.0. The van der Waals surface area contributed by atoms with Gasteiger partial charge in [0.25, 0.3) is 6.20 Å². The Balaban J connectivity index is 2.84. The third kappa shape index (κ3) is 4.63. The van der Waals surface area contributed by atoms with E-state index in [1.165, 1.54) is 18.1 Å². The first-order valence-corrected chi connectivity index (χ1v) is 6.69. The molecule has 0 aromatic heterocycles. The number of esters is 1. The van der Waals surface area contributed by atoms with Crippen LogP contribution >= 0.6 is 11.9 Å². The molecule has 19 heavy (non-hydrogen) atoms. The summed E-state index contributed by atoms with van der Waals surface area (Å²) in [6.45, 7) is 2.06. The van der Waals surface area contributed by atoms with Crippen LogP contribution in [0, 0.1) is 10.1 Å². The molecule has 1 aromatic rings. The van der Waals surface area contributed by atoms with Crippen LogP contribution in [-0.4, -0.2) is 23.8 Å². The summed E-state index contributed by atoms with van der Waals surface area (Å²) in [6, 6.07) is 6.65. The highest BCUT2D eigenvalue weighted by Crippen LogP contribution is 2.22. The maximum absolute atomic E-state index is 11.5. The molecule has 7 heteroatoms. The number of nitro groups is 1. The molecule has 0 unspecified atom stereocenters. The molecular weight excluding hydrogens is 268 g/mol. The largest absolute Gasteiger partial charge is 0.462 e. The van der Waals surface area contributed by atoms with Gasteiger partial charge in [0.15, 0.2) is 0 Å². The van der Waals surface area contributed by atoms with E-state index in [9.17, 15) is 14.9 Å². The number of ether oxygens (including phenoxy) is 1. The highest BCUT2D eigenvalue weighted by molar-refractivity contribution is 8.00. The average Bonchev–Trinajstić information content (AvgIpc) is 2.40. The topological polar surface area (TPSA) is 72.7 Å². The van der Waals surface area contributed by atoms with E-state index in [0.29, 0.717) is 12.2 Å². The van der Waals surface area contributed by atoms with E-state index in [-0.39, 0.29) is 5.97 Å². The van der Waals surface area contributed by atoms with Crippen molar-refractivity contribution >= 4 is 23.6 Å². The fourth-order valence-electron chi connectivity index (χ4n) is 1.33. The Morgan fingerprint density at radius 3 is 2.58 bits per heavy atom. The molecule has 0 atom stereocenters. The molecule has 0 amide bonds. The van der Waals surface area contributed by atoms with Gasteiger partial charge in [0.2, 0.25) is 0 Å². The third-order valence-corrected chi connectivity index (χ3v) is 2.88. The van der Waals surface area contributed by atoms with Crippen LogP contribution in [0.2, 0.25) is 0 Å². The molecule has 1 aromatic carbocycles. The van der Waals surface area contributed by atoms with Crippen molar-refractivity contribution in [2.75, 3.05) is 17.2 Å². The lowest BCUT2D eigenvalue weighted by Crippen LogP contribution is -2.07. The molecule has 0 bridgehead atoms. The van der Waals surface area contributed by atoms with E-state index in [1.807, 2.05) is 0 Å². The van der Waals surface area contributed by atoms with Crippen LogP contribution in [0.1, 0.15) is 17.3 Å². The second-order valence-corrected chi connectivity index (χ2v) is 4.12. The van der Waals surface area contributed by atoms with Gasteiger partial charge in [-0.15, -0.1) is 0 Å². The number of carbonyl (C=O) groups is 1. The molecule has 0 spiro atoms. The van der Waals surface area contributed by atoms with Gasteiger partial charge in [0.05, 0.1) is 29.0 Å². The molecule has 0 aliphatic heterocycles. The Morgan fingerprint density at radius 1 is 1.47 bits per heavy atom. The van der Waals surface area contributed by atoms with E-state index >= 15 is 0 Å². The maximum Gasteiger partial charge on any atom is 0.338 e. The zero-order valence-electron chi connectivity index (χ0n) is 10.6. The molecule has 102 valence electrons. The van der Waals surface area contributed by atoms with Gasteiger partial charge < -0.3 is 4.74 Å². The fourth-order valence-corrected chi connectivity index (χ4v) is 1.83. The van der Waals surface area contributed by atoms with Gasteiger partial charge in [-0.25, -0.2) is 4.79 Å². The number of benzene rings is 1. The lowest BCUT2D eigenvalue weighted by atomic mass is 10.2. The van der Waals surface area contributed by atoms with E-state index < -0.39 is 4.92 Å². The van der Waals surface area contributed by atoms with Crippen molar-refractivity contribution in [3.63, 3.8) is 0 Å². The molecule has 0 N–H and O–H groups in total. The first-order chi connectivity index (χ1) is 9.08. The summed E-state index contributed by atoms with van der Waals surface area (Å²) in [5.74, 6) is -0.384. The lowest BCUT2D eigenvalue weighted by Gasteiger charge is -2.15. The highest BCUT2D eigenvalue weighted by atomic mass is 32.2. The number of hydrogen-bond acceptors (Lipinski definition) is 6. The Morgan fingerprint density at radius 2 is 2.11 bits per heavy atom. The standard InChI is InChI=1S/C12H14N2O4S/c1-3-18-12(15)10-4-6-11(7-5-10)13(19-2)8-9-14(16)17/h4-9H,3H2,1-2H3/b9-8+. The van der Waals surface area contributed by atoms with Gasteiger partial charge in [0.1, 0.15) is 0 Å². The van der Waals surface area contributed by atoms with Crippen molar-refractivity contribution in [1.29, 1.82) is 0 Å². The molecule has 0 aliphatic rings. The van der Waals surface area contributed by atoms with E-state index in [1.54, 1.807) is 41.8 Å². The molecule has 0 radical (unpaired) electrons. The van der Waals surface area contributed by atoms with Gasteiger partial charge in [-0.05, 0) is 43.1 Å². The Kier molecular flexibility index (Phi) is 5.87. The minimum atomic E-state index is -0.532. The lowest BCUT2D eigenvalue weighted by molar-refractivity contribution is -0.402. The Hall–Kier alpha value is -2.02. The second kappa shape index (κ2) is 7.42. The highest BCUT2D eigenvalue weighted by Gasteiger charge is 2.08. The molecule has 0 heterocycles. The Labute approximate surface area is 115 Å². The van der Waals surface area contributed by atoms with E-state index in [2.05, 4.69) is 0 Å². The Bertz CT molecular complexity index is 473. The minimum absolute atomic E-state index is 0.323. The summed E-state index contributed by atoms with van der Waals surface area (Å²) in [5, 5.41) is 10.3. The molecule has 0 saturated heterocycles. The van der Waals surface area contributed by atoms with Gasteiger partial charge in [-0.1, -0.05) is 0 Å². The van der Waals surface area contributed by atoms with Crippen molar-refractivity contribution < 1.29 is 14.5 Å². The zero-order chi connectivity index (χ0) is 14.3. The van der Waals surface area contributed by atoms with E-state index in [0.717, 1.165) is 11.9 Å². The average molecular weight is 282 g/mol. The van der Waals surface area contributed by atoms with Crippen LogP contribution in [0.5, 0.6) is 0 Å². The summed E-state index contributed by atoms with van der Waals surface area (Å²) < 4.78 is 6.50. The molecule has 1 rings (SSSR count). The fraction of sp³-hybridized carbons (Fsp3) is 0.250. The molecule has 0 saturated carbocycles. The molecule has 0 fully saturated rings. The van der Waals surface area contributed by atoms with Crippen LogP contribution in [-0.2, 0) is 4.74 Å². The van der Waals surface area contributed by atoms with Crippen molar-refractivity contribution in [3.8, 4) is 0 Å². The number of nitrogens with zero attached hydrogens (tertiary/aromatic N) is 2. The quantitative estimate of drug-likeness (QED) is 0.346. The maximum atomic E-state index is 11.5. The minimum Gasteiger partial charge on any atom is -0.462 e. The van der Waals surface area contributed by atoms with Gasteiger partial charge in [-0.2, -0.15) is 0 Å². The predicted molar refractivity (Wildman–Crippen MR) is 74.5 cm³/mol. The third-order valence-electron chi connectivity index (χ3n) is 2.15. The van der Waals surface area contributed by atoms with Crippen molar-refractivity contribution in [2.45, 2.75) is 6.92 Å². The number of carbonyl (C=O) groups excluding carboxylic acids is 1. The first-order valence-electron chi connectivity index (χ1n) is 5.50. The predicted octanol–water partition coefficient (Wildman–Crippen LogP) is 2.70. The van der Waals surface area contributed by atoms with Gasteiger partial charge >= 0.3 is 5.97 Å². The SMILES string of the molecule is CCOC(=O)c1ccc(N(/C=C/[N+](=O)[O-])SC)cc1. The summed E-state index contributed by atoms with van der Waals surface area (Å²) in [6.07, 6.45) is 4.00. The monoisotopic (exact) mass is 282 g/mol. The summed E-state index contributed by atoms with van der Waals surface area (Å²) in [4.78, 5) is 21.2. The van der Waals surface area contributed by atoms with Crippen LogP contribution in [0.3, 0.4) is 0 Å². The molecular formula is C12H14N2O4S. The van der Waals surface area contributed by atoms with Crippen molar-refractivity contribution in [1.82, 2.24) is 0 Å². The smallest absolute Gasteiger partial charge is 0.338 e. The van der Waals surface area contributed by atoms with Crippen LogP contribution in [0.4, 0.5) is 5.69 Å². The van der Waals surface area contributed by atoms with E-state index in [4.69, 9.17) is 4.74 Å². The van der Waals surface area contributed by atoms with Crippen LogP contribution in [0.25, 0.3) is 0 Å². The van der Waals surface area contributed by atoms with Gasteiger partial charge in [-0.3, -0.25) is 14.4 Å². The summed E-state index contributed by atoms with van der Waals surface area (Å²) in [5.41, 5.74) is 1.18. The number of anilines is 1. The number of rotatable bonds is 6. The molecule has 0 aliphatic carbocycles. The summed E-state index contributed by atoms with van der Waals surface area (Å²) >= 11 is 1.32. The van der Waals surface area contributed by atoms with Crippen molar-refractivity contribution in [3.05, 3.63) is 52.3 Å². The van der Waals surface area contributed by atoms with Gasteiger partial charge in [0, 0.05) is 6.26 Å². The van der Waals surface area contributed by atoms with Crippen molar-refractivity contribution in [2.24, 2.45) is 0 Å². The molecule has 6 nitrogen and oxygen atoms in total. The normalized spacial score (nSPS) is 10.4. The van der Waals surface area contributed by atoms with Crippen LogP contribution < -0.4 is 4.31 Å².